The van der Waals surface area contributed by atoms with Gasteiger partial charge < -0.3 is 19.9 Å². The van der Waals surface area contributed by atoms with E-state index < -0.39 is 0 Å². The van der Waals surface area contributed by atoms with Crippen LogP contribution < -0.4 is 10.6 Å². The van der Waals surface area contributed by atoms with Gasteiger partial charge in [-0.1, -0.05) is 44.2 Å². The van der Waals surface area contributed by atoms with E-state index in [-0.39, 0.29) is 5.41 Å². The second-order valence-corrected chi connectivity index (χ2v) is 7.01. The Kier molecular flexibility index (Phi) is 8.44. The summed E-state index contributed by atoms with van der Waals surface area (Å²) in [4.78, 5) is 4.72. The maximum Gasteiger partial charge on any atom is 0.191 e. The number of methoxy groups -OCH3 is 1. The van der Waals surface area contributed by atoms with Gasteiger partial charge in [-0.05, 0) is 25.3 Å². The molecule has 7 heteroatoms. The minimum Gasteiger partial charge on any atom is -0.383 e. The van der Waals surface area contributed by atoms with E-state index in [0.717, 1.165) is 37.0 Å². The van der Waals surface area contributed by atoms with Gasteiger partial charge in [0, 0.05) is 32.7 Å². The van der Waals surface area contributed by atoms with E-state index in [0.29, 0.717) is 19.7 Å². The number of hydrogen-bond donors (Lipinski definition) is 2. The first-order valence-corrected chi connectivity index (χ1v) is 9.97. The van der Waals surface area contributed by atoms with Crippen LogP contribution in [0, 0.1) is 6.92 Å². The Morgan fingerprint density at radius 3 is 2.43 bits per heavy atom. The number of hydrogen-bond acceptors (Lipinski definition) is 4. The molecule has 0 amide bonds. The average Bonchev–Trinajstić information content (AvgIpc) is 3.05. The molecule has 1 aromatic heterocycles. The smallest absolute Gasteiger partial charge is 0.191 e. The minimum absolute atomic E-state index is 0.0618. The summed E-state index contributed by atoms with van der Waals surface area (Å²) in [5.41, 5.74) is 1.42. The fourth-order valence-electron chi connectivity index (χ4n) is 3.24. The van der Waals surface area contributed by atoms with E-state index in [4.69, 9.17) is 9.73 Å². The predicted molar refractivity (Wildman–Crippen MR) is 113 cm³/mol. The molecule has 0 unspecified atom stereocenters. The van der Waals surface area contributed by atoms with Crippen LogP contribution in [0.4, 0.5) is 0 Å². The Balaban J connectivity index is 2.13. The molecule has 0 aliphatic rings. The molecule has 0 saturated carbocycles. The van der Waals surface area contributed by atoms with E-state index in [1.54, 1.807) is 7.11 Å². The van der Waals surface area contributed by atoms with Crippen molar-refractivity contribution < 1.29 is 4.74 Å². The third-order valence-electron chi connectivity index (χ3n) is 5.49. The molecule has 0 saturated heterocycles. The van der Waals surface area contributed by atoms with Crippen LogP contribution in [-0.4, -0.2) is 47.5 Å². The number of aliphatic imine (C=N–C) groups is 1. The number of guanidine groups is 1. The SMILES string of the molecule is CCC(CC)(CNC(=NCc1nnc(C)n1C)NCCOC)c1ccccc1. The molecule has 0 atom stereocenters. The highest BCUT2D eigenvalue weighted by molar-refractivity contribution is 5.79. The van der Waals surface area contributed by atoms with Gasteiger partial charge in [0.2, 0.25) is 0 Å². The number of rotatable bonds is 10. The van der Waals surface area contributed by atoms with Crippen LogP contribution in [0.2, 0.25) is 0 Å². The van der Waals surface area contributed by atoms with Crippen molar-refractivity contribution in [3.63, 3.8) is 0 Å². The number of benzene rings is 1. The van der Waals surface area contributed by atoms with Crippen LogP contribution in [0.1, 0.15) is 43.9 Å². The normalized spacial score (nSPS) is 12.2. The molecular formula is C21H34N6O. The predicted octanol–water partition coefficient (Wildman–Crippen LogP) is 2.56. The van der Waals surface area contributed by atoms with E-state index >= 15 is 0 Å². The van der Waals surface area contributed by atoms with Crippen LogP contribution in [-0.2, 0) is 23.7 Å². The molecule has 1 aromatic carbocycles. The summed E-state index contributed by atoms with van der Waals surface area (Å²) in [5.74, 6) is 2.48. The second-order valence-electron chi connectivity index (χ2n) is 7.01. The summed E-state index contributed by atoms with van der Waals surface area (Å²) in [6.07, 6.45) is 2.10. The van der Waals surface area contributed by atoms with Gasteiger partial charge in [0.25, 0.3) is 0 Å². The van der Waals surface area contributed by atoms with Gasteiger partial charge in [-0.2, -0.15) is 0 Å². The van der Waals surface area contributed by atoms with Crippen molar-refractivity contribution in [2.24, 2.45) is 12.0 Å². The Morgan fingerprint density at radius 2 is 1.86 bits per heavy atom. The molecule has 2 aromatic rings. The molecule has 28 heavy (non-hydrogen) atoms. The molecule has 0 fully saturated rings. The third-order valence-corrected chi connectivity index (χ3v) is 5.49. The minimum atomic E-state index is 0.0618. The van der Waals surface area contributed by atoms with Gasteiger partial charge >= 0.3 is 0 Å². The highest BCUT2D eigenvalue weighted by Crippen LogP contribution is 2.30. The van der Waals surface area contributed by atoms with Crippen molar-refractivity contribution in [1.82, 2.24) is 25.4 Å². The van der Waals surface area contributed by atoms with Gasteiger partial charge in [-0.15, -0.1) is 10.2 Å². The largest absolute Gasteiger partial charge is 0.383 e. The fourth-order valence-corrected chi connectivity index (χ4v) is 3.24. The topological polar surface area (TPSA) is 76.4 Å². The first-order valence-electron chi connectivity index (χ1n) is 9.97. The molecule has 0 aliphatic heterocycles. The zero-order valence-corrected chi connectivity index (χ0v) is 17.8. The second kappa shape index (κ2) is 10.8. The molecule has 2 rings (SSSR count). The molecule has 0 spiro atoms. The van der Waals surface area contributed by atoms with Gasteiger partial charge in [0.05, 0.1) is 6.61 Å². The van der Waals surface area contributed by atoms with Gasteiger partial charge in [-0.25, -0.2) is 4.99 Å². The van der Waals surface area contributed by atoms with E-state index in [1.165, 1.54) is 5.56 Å². The number of nitrogens with zero attached hydrogens (tertiary/aromatic N) is 4. The number of aryl methyl sites for hydroxylation is 1. The molecule has 154 valence electrons. The van der Waals surface area contributed by atoms with Crippen LogP contribution in [0.15, 0.2) is 35.3 Å². The fraction of sp³-hybridized carbons (Fsp3) is 0.571. The highest BCUT2D eigenvalue weighted by atomic mass is 16.5. The van der Waals surface area contributed by atoms with E-state index in [9.17, 15) is 0 Å². The quantitative estimate of drug-likeness (QED) is 0.373. The maximum atomic E-state index is 5.16. The maximum absolute atomic E-state index is 5.16. The van der Waals surface area contributed by atoms with Gasteiger partial charge in [-0.3, -0.25) is 0 Å². The number of ether oxygens (including phenoxy) is 1. The van der Waals surface area contributed by atoms with E-state index in [2.05, 4.69) is 65.0 Å². The summed E-state index contributed by atoms with van der Waals surface area (Å²) >= 11 is 0. The van der Waals surface area contributed by atoms with Crippen LogP contribution in [0.5, 0.6) is 0 Å². The van der Waals surface area contributed by atoms with Gasteiger partial charge in [0.15, 0.2) is 11.8 Å². The van der Waals surface area contributed by atoms with Crippen LogP contribution >= 0.6 is 0 Å². The van der Waals surface area contributed by atoms with Crippen molar-refractivity contribution in [3.05, 3.63) is 47.5 Å². The summed E-state index contributed by atoms with van der Waals surface area (Å²) in [7, 11) is 3.66. The van der Waals surface area contributed by atoms with Crippen molar-refractivity contribution in [2.75, 3.05) is 26.8 Å². The third kappa shape index (κ3) is 5.55. The van der Waals surface area contributed by atoms with Crippen molar-refractivity contribution in [2.45, 2.75) is 45.6 Å². The molecule has 0 radical (unpaired) electrons. The van der Waals surface area contributed by atoms with Gasteiger partial charge in [0.1, 0.15) is 12.4 Å². The zero-order chi connectivity index (χ0) is 20.4. The Morgan fingerprint density at radius 1 is 1.14 bits per heavy atom. The highest BCUT2D eigenvalue weighted by Gasteiger charge is 2.28. The first kappa shape index (κ1) is 21.9. The summed E-state index contributed by atoms with van der Waals surface area (Å²) in [6.45, 7) is 9.01. The summed E-state index contributed by atoms with van der Waals surface area (Å²) in [5, 5.41) is 15.2. The molecule has 1 heterocycles. The van der Waals surface area contributed by atoms with Crippen molar-refractivity contribution >= 4 is 5.96 Å². The van der Waals surface area contributed by atoms with Crippen molar-refractivity contribution in [3.8, 4) is 0 Å². The Labute approximate surface area is 168 Å². The van der Waals surface area contributed by atoms with Crippen molar-refractivity contribution in [1.29, 1.82) is 0 Å². The first-order chi connectivity index (χ1) is 13.6. The zero-order valence-electron chi connectivity index (χ0n) is 17.8. The van der Waals surface area contributed by atoms with Crippen LogP contribution in [0.3, 0.4) is 0 Å². The lowest BCUT2D eigenvalue weighted by atomic mass is 9.76. The van der Waals surface area contributed by atoms with E-state index in [1.807, 2.05) is 18.5 Å². The summed E-state index contributed by atoms with van der Waals surface area (Å²) < 4.78 is 7.12. The lowest BCUT2D eigenvalue weighted by Gasteiger charge is -2.33. The number of aromatic nitrogens is 3. The Bertz CT molecular complexity index is 737. The lowest BCUT2D eigenvalue weighted by molar-refractivity contribution is 0.203. The van der Waals surface area contributed by atoms with Crippen LogP contribution in [0.25, 0.3) is 0 Å². The molecule has 0 bridgehead atoms. The average molecular weight is 387 g/mol. The lowest BCUT2D eigenvalue weighted by Crippen LogP contribution is -2.46. The molecule has 0 aliphatic carbocycles. The summed E-state index contributed by atoms with van der Waals surface area (Å²) in [6, 6.07) is 10.7. The molecule has 7 nitrogen and oxygen atoms in total. The monoisotopic (exact) mass is 386 g/mol. The molecule has 2 N–H and O–H groups in total. The number of nitrogens with one attached hydrogen (secondary N) is 2. The Hall–Kier alpha value is -2.41. The molecular weight excluding hydrogens is 352 g/mol. The standard InChI is InChI=1S/C21H34N6O/c1-6-21(7-2,18-11-9-8-10-12-18)16-24-20(22-13-14-28-5)23-15-19-26-25-17(3)27(19)4/h8-12H,6-7,13-16H2,1-5H3,(H2,22,23,24).